The molecule has 0 saturated carbocycles. The zero-order valence-electron chi connectivity index (χ0n) is 7.19. The minimum atomic E-state index is -2.76. The highest BCUT2D eigenvalue weighted by molar-refractivity contribution is 6.26. The van der Waals surface area contributed by atoms with E-state index in [2.05, 4.69) is 8.85 Å². The van der Waals surface area contributed by atoms with Crippen LogP contribution in [0.5, 0.6) is 0 Å². The summed E-state index contributed by atoms with van der Waals surface area (Å²) in [6.45, 7) is 3.35. The van der Waals surface area contributed by atoms with Gasteiger partial charge in [0.25, 0.3) is 0 Å². The topological polar surface area (TPSA) is 76.0 Å². The molecule has 5 nitrogen and oxygen atoms in total. The minimum absolute atomic E-state index is 0.335. The van der Waals surface area contributed by atoms with Gasteiger partial charge in [0.1, 0.15) is 0 Å². The highest BCUT2D eigenvalue weighted by Gasteiger charge is 2.18. The Morgan fingerprint density at radius 1 is 1.17 bits per heavy atom. The highest BCUT2D eigenvalue weighted by Crippen LogP contribution is 1.97. The van der Waals surface area contributed by atoms with Gasteiger partial charge in [0.2, 0.25) is 0 Å². The van der Waals surface area contributed by atoms with E-state index in [9.17, 15) is 4.46 Å². The van der Waals surface area contributed by atoms with E-state index < -0.39 is 21.8 Å². The molecule has 0 bridgehead atoms. The van der Waals surface area contributed by atoms with E-state index >= 15 is 0 Å². The molecule has 2 atom stereocenters. The summed E-state index contributed by atoms with van der Waals surface area (Å²) in [6, 6.07) is 0. The van der Waals surface area contributed by atoms with Gasteiger partial charge in [-0.1, -0.05) is 13.8 Å². The van der Waals surface area contributed by atoms with Crippen LogP contribution in [-0.2, 0) is 13.3 Å². The number of hydrogen-bond donors (Lipinski definition) is 2. The maximum atomic E-state index is 10.8. The van der Waals surface area contributed by atoms with Crippen LogP contribution in [0.1, 0.15) is 26.7 Å². The Balaban J connectivity index is 3.59. The standard InChI is InChI=1S/C6H14O5Si/c1-3-5(7)10-12(9)11-6(8)4-2/h5-8H,3-4H2,1-2H3. The maximum Gasteiger partial charge on any atom is 0.771 e. The predicted octanol–water partition coefficient (Wildman–Crippen LogP) is -0.108. The van der Waals surface area contributed by atoms with E-state index in [0.29, 0.717) is 12.8 Å². The van der Waals surface area contributed by atoms with Gasteiger partial charge in [0, 0.05) is 12.8 Å². The largest absolute Gasteiger partial charge is 0.771 e. The number of aliphatic hydroxyl groups is 2. The van der Waals surface area contributed by atoms with Crippen molar-refractivity contribution in [2.75, 3.05) is 0 Å². The summed E-state index contributed by atoms with van der Waals surface area (Å²) in [6.07, 6.45) is -1.50. The molecular weight excluding hydrogens is 180 g/mol. The highest BCUT2D eigenvalue weighted by atomic mass is 28.3. The van der Waals surface area contributed by atoms with Crippen LogP contribution in [0.4, 0.5) is 0 Å². The first-order chi connectivity index (χ1) is 5.60. The first-order valence-corrected chi connectivity index (χ1v) is 5.06. The van der Waals surface area contributed by atoms with E-state index in [-0.39, 0.29) is 0 Å². The molecule has 0 aromatic carbocycles. The summed E-state index contributed by atoms with van der Waals surface area (Å²) in [5.74, 6) is 0. The molecule has 0 aliphatic heterocycles. The Labute approximate surface area is 72.8 Å². The van der Waals surface area contributed by atoms with Gasteiger partial charge in [-0.15, -0.1) is 0 Å². The monoisotopic (exact) mass is 194 g/mol. The molecule has 0 radical (unpaired) electrons. The molecule has 72 valence electrons. The molecule has 0 rings (SSSR count). The van der Waals surface area contributed by atoms with Crippen LogP contribution >= 0.6 is 0 Å². The van der Waals surface area contributed by atoms with Crippen LogP contribution in [0.2, 0.25) is 0 Å². The van der Waals surface area contributed by atoms with Crippen LogP contribution in [-0.4, -0.2) is 32.0 Å². The average molecular weight is 194 g/mol. The average Bonchev–Trinajstić information content (AvgIpc) is 2.03. The van der Waals surface area contributed by atoms with Crippen LogP contribution < -0.4 is 0 Å². The molecule has 0 spiro atoms. The van der Waals surface area contributed by atoms with Crippen molar-refractivity contribution in [1.29, 1.82) is 0 Å². The summed E-state index contributed by atoms with van der Waals surface area (Å²) < 4.78 is 19.8. The Morgan fingerprint density at radius 3 is 1.75 bits per heavy atom. The van der Waals surface area contributed by atoms with Crippen molar-refractivity contribution in [1.82, 2.24) is 0 Å². The summed E-state index contributed by atoms with van der Waals surface area (Å²) in [5, 5.41) is 17.7. The molecule has 0 heterocycles. The van der Waals surface area contributed by atoms with E-state index in [1.807, 2.05) is 0 Å². The number of rotatable bonds is 6. The Morgan fingerprint density at radius 2 is 1.50 bits per heavy atom. The molecular formula is C6H14O5Si. The molecule has 12 heavy (non-hydrogen) atoms. The molecule has 6 heteroatoms. The molecule has 0 saturated heterocycles. The minimum Gasteiger partial charge on any atom is -0.470 e. The third kappa shape index (κ3) is 5.22. The Hall–Kier alpha value is -0.463. The van der Waals surface area contributed by atoms with Crippen LogP contribution in [0.25, 0.3) is 0 Å². The molecule has 0 amide bonds. The van der Waals surface area contributed by atoms with Gasteiger partial charge in [0.05, 0.1) is 0 Å². The molecule has 0 aliphatic carbocycles. The fourth-order valence-corrected chi connectivity index (χ4v) is 1.25. The zero-order valence-corrected chi connectivity index (χ0v) is 8.19. The van der Waals surface area contributed by atoms with E-state index in [1.54, 1.807) is 13.8 Å². The van der Waals surface area contributed by atoms with E-state index in [0.717, 1.165) is 0 Å². The zero-order chi connectivity index (χ0) is 9.56. The second-order valence-electron chi connectivity index (χ2n) is 2.21. The van der Waals surface area contributed by atoms with Crippen molar-refractivity contribution in [2.24, 2.45) is 0 Å². The van der Waals surface area contributed by atoms with Crippen molar-refractivity contribution < 1.29 is 23.5 Å². The molecule has 0 aliphatic rings. The van der Waals surface area contributed by atoms with Gasteiger partial charge < -0.3 is 19.1 Å². The number of aliphatic hydroxyl groups excluding tert-OH is 2. The van der Waals surface area contributed by atoms with Gasteiger partial charge >= 0.3 is 9.17 Å². The summed E-state index contributed by atoms with van der Waals surface area (Å²) in [7, 11) is -2.76. The van der Waals surface area contributed by atoms with E-state index in [1.165, 1.54) is 0 Å². The summed E-state index contributed by atoms with van der Waals surface area (Å²) in [4.78, 5) is 0. The van der Waals surface area contributed by atoms with Crippen LogP contribution in [0, 0.1) is 0 Å². The lowest BCUT2D eigenvalue weighted by Gasteiger charge is -2.12. The second-order valence-corrected chi connectivity index (χ2v) is 3.18. The normalized spacial score (nSPS) is 15.0. The van der Waals surface area contributed by atoms with Crippen LogP contribution in [0.15, 0.2) is 0 Å². The van der Waals surface area contributed by atoms with Gasteiger partial charge in [-0.05, 0) is 0 Å². The lowest BCUT2D eigenvalue weighted by Crippen LogP contribution is -2.25. The lowest BCUT2D eigenvalue weighted by atomic mass is 10.5. The van der Waals surface area contributed by atoms with Crippen molar-refractivity contribution in [3.63, 3.8) is 0 Å². The first kappa shape index (κ1) is 11.5. The SMILES string of the molecule is CCC(O)O[Si](=O)OC(O)CC. The fourth-order valence-electron chi connectivity index (χ4n) is 0.417. The fraction of sp³-hybridized carbons (Fsp3) is 1.00. The van der Waals surface area contributed by atoms with Gasteiger partial charge in [-0.2, -0.15) is 0 Å². The molecule has 2 unspecified atom stereocenters. The molecule has 0 aromatic rings. The van der Waals surface area contributed by atoms with Crippen molar-refractivity contribution in [3.05, 3.63) is 0 Å². The van der Waals surface area contributed by atoms with E-state index in [4.69, 9.17) is 10.2 Å². The number of hydrogen-bond acceptors (Lipinski definition) is 5. The molecule has 0 fully saturated rings. The van der Waals surface area contributed by atoms with Gasteiger partial charge in [0.15, 0.2) is 12.6 Å². The summed E-state index contributed by atoms with van der Waals surface area (Å²) >= 11 is 0. The van der Waals surface area contributed by atoms with Crippen molar-refractivity contribution in [3.8, 4) is 0 Å². The Bertz CT molecular complexity index is 126. The quantitative estimate of drug-likeness (QED) is 0.456. The van der Waals surface area contributed by atoms with Crippen molar-refractivity contribution >= 4 is 9.17 Å². The first-order valence-electron chi connectivity index (χ1n) is 3.83. The molecule has 0 aromatic heterocycles. The third-order valence-corrected chi connectivity index (χ3v) is 2.09. The predicted molar refractivity (Wildman–Crippen MR) is 41.2 cm³/mol. The third-order valence-electron chi connectivity index (χ3n) is 1.16. The smallest absolute Gasteiger partial charge is 0.470 e. The second kappa shape index (κ2) is 6.10. The van der Waals surface area contributed by atoms with Gasteiger partial charge in [-0.3, -0.25) is 4.46 Å². The van der Waals surface area contributed by atoms with Crippen molar-refractivity contribution in [2.45, 2.75) is 39.3 Å². The Kier molecular flexibility index (Phi) is 5.86. The van der Waals surface area contributed by atoms with Gasteiger partial charge in [-0.25, -0.2) is 0 Å². The molecule has 2 N–H and O–H groups in total. The lowest BCUT2D eigenvalue weighted by molar-refractivity contribution is -0.0861. The maximum absolute atomic E-state index is 10.8. The van der Waals surface area contributed by atoms with Crippen LogP contribution in [0.3, 0.4) is 0 Å². The summed E-state index contributed by atoms with van der Waals surface area (Å²) in [5.41, 5.74) is 0.